The van der Waals surface area contributed by atoms with Crippen molar-refractivity contribution in [3.8, 4) is 0 Å². The molecule has 0 aromatic carbocycles. The van der Waals surface area contributed by atoms with Gasteiger partial charge in [0.1, 0.15) is 5.84 Å². The number of hydrogen-bond donors (Lipinski definition) is 2. The second-order valence-electron chi connectivity index (χ2n) is 4.38. The van der Waals surface area contributed by atoms with E-state index in [1.54, 1.807) is 4.90 Å². The van der Waals surface area contributed by atoms with E-state index < -0.39 is 12.1 Å². The van der Waals surface area contributed by atoms with Crippen LogP contribution in [0.3, 0.4) is 0 Å². The third kappa shape index (κ3) is 3.76. The number of oxime groups is 1. The summed E-state index contributed by atoms with van der Waals surface area (Å²) in [6, 6.07) is -0.0850. The zero-order valence-corrected chi connectivity index (χ0v) is 9.74. The van der Waals surface area contributed by atoms with Crippen molar-refractivity contribution >= 4 is 5.84 Å². The molecule has 0 bridgehead atoms. The molecule has 0 aromatic rings. The van der Waals surface area contributed by atoms with E-state index in [4.69, 9.17) is 10.9 Å². The zero-order valence-electron chi connectivity index (χ0n) is 9.74. The summed E-state index contributed by atoms with van der Waals surface area (Å²) in [5, 5.41) is 11.3. The van der Waals surface area contributed by atoms with Crippen LogP contribution in [0, 0.1) is 5.92 Å². The van der Waals surface area contributed by atoms with Crippen molar-refractivity contribution in [1.82, 2.24) is 4.90 Å². The highest BCUT2D eigenvalue weighted by molar-refractivity contribution is 5.80. The van der Waals surface area contributed by atoms with Crippen molar-refractivity contribution in [2.45, 2.75) is 38.4 Å². The number of amidine groups is 1. The highest BCUT2D eigenvalue weighted by Crippen LogP contribution is 2.34. The molecular weight excluding hydrogens is 235 g/mol. The highest BCUT2D eigenvalue weighted by Gasteiger charge is 2.44. The summed E-state index contributed by atoms with van der Waals surface area (Å²) in [6.45, 7) is 2.32. The van der Waals surface area contributed by atoms with Gasteiger partial charge in [-0.15, -0.1) is 0 Å². The van der Waals surface area contributed by atoms with Crippen molar-refractivity contribution in [3.05, 3.63) is 0 Å². The van der Waals surface area contributed by atoms with Gasteiger partial charge < -0.3 is 10.9 Å². The molecule has 2 atom stereocenters. The van der Waals surface area contributed by atoms with Crippen LogP contribution in [0.5, 0.6) is 0 Å². The molecule has 0 radical (unpaired) electrons. The number of likely N-dealkylation sites (tertiary alicyclic amines) is 1. The standard InChI is InChI=1S/C10H18F3N3O/c1-2-8(5-9(14)15-17)16-4-3-7(6-16)10(11,12)13/h7-8,17H,2-6H2,1H3,(H2,14,15). The van der Waals surface area contributed by atoms with Crippen LogP contribution >= 0.6 is 0 Å². The molecule has 17 heavy (non-hydrogen) atoms. The van der Waals surface area contributed by atoms with E-state index in [-0.39, 0.29) is 24.8 Å². The van der Waals surface area contributed by atoms with E-state index in [0.29, 0.717) is 19.4 Å². The number of halogens is 3. The van der Waals surface area contributed by atoms with Gasteiger partial charge in [-0.1, -0.05) is 12.1 Å². The van der Waals surface area contributed by atoms with Crippen LogP contribution in [-0.2, 0) is 0 Å². The molecule has 1 aliphatic heterocycles. The molecular formula is C10H18F3N3O. The molecule has 100 valence electrons. The number of nitrogens with two attached hydrogens (primary N) is 1. The average Bonchev–Trinajstić information content (AvgIpc) is 2.74. The second-order valence-corrected chi connectivity index (χ2v) is 4.38. The fraction of sp³-hybridized carbons (Fsp3) is 0.900. The van der Waals surface area contributed by atoms with Gasteiger partial charge in [-0.05, 0) is 19.4 Å². The summed E-state index contributed by atoms with van der Waals surface area (Å²) in [7, 11) is 0. The smallest absolute Gasteiger partial charge is 0.393 e. The molecule has 2 unspecified atom stereocenters. The maximum atomic E-state index is 12.5. The Kier molecular flexibility index (Phi) is 4.62. The lowest BCUT2D eigenvalue weighted by Gasteiger charge is -2.26. The predicted molar refractivity (Wildman–Crippen MR) is 57.8 cm³/mol. The van der Waals surface area contributed by atoms with E-state index in [9.17, 15) is 13.2 Å². The first kappa shape index (κ1) is 14.1. The Morgan fingerprint density at radius 2 is 2.24 bits per heavy atom. The Morgan fingerprint density at radius 3 is 2.65 bits per heavy atom. The van der Waals surface area contributed by atoms with Crippen LogP contribution in [0.25, 0.3) is 0 Å². The van der Waals surface area contributed by atoms with Crippen LogP contribution in [0.2, 0.25) is 0 Å². The lowest BCUT2D eigenvalue weighted by molar-refractivity contribution is -0.170. The number of alkyl halides is 3. The highest BCUT2D eigenvalue weighted by atomic mass is 19.4. The third-order valence-corrected chi connectivity index (χ3v) is 3.24. The molecule has 0 saturated carbocycles. The summed E-state index contributed by atoms with van der Waals surface area (Å²) in [5.74, 6) is -1.18. The zero-order chi connectivity index (χ0) is 13.1. The molecule has 0 spiro atoms. The SMILES string of the molecule is CCC(CC(N)=NO)N1CCC(C(F)(F)F)C1. The van der Waals surface area contributed by atoms with E-state index in [1.165, 1.54) is 0 Å². The van der Waals surface area contributed by atoms with E-state index >= 15 is 0 Å². The van der Waals surface area contributed by atoms with Crippen LogP contribution in [0.1, 0.15) is 26.2 Å². The topological polar surface area (TPSA) is 61.9 Å². The normalized spacial score (nSPS) is 25.2. The van der Waals surface area contributed by atoms with Gasteiger partial charge in [0.2, 0.25) is 0 Å². The number of rotatable bonds is 4. The summed E-state index contributed by atoms with van der Waals surface area (Å²) in [4.78, 5) is 1.77. The van der Waals surface area contributed by atoms with E-state index in [2.05, 4.69) is 5.16 Å². The third-order valence-electron chi connectivity index (χ3n) is 3.24. The van der Waals surface area contributed by atoms with Gasteiger partial charge in [-0.25, -0.2) is 0 Å². The van der Waals surface area contributed by atoms with Gasteiger partial charge in [-0.2, -0.15) is 13.2 Å². The van der Waals surface area contributed by atoms with Gasteiger partial charge >= 0.3 is 6.18 Å². The first-order valence-corrected chi connectivity index (χ1v) is 5.65. The van der Waals surface area contributed by atoms with Crippen molar-refractivity contribution in [2.75, 3.05) is 13.1 Å². The Balaban J connectivity index is 2.56. The monoisotopic (exact) mass is 253 g/mol. The molecule has 0 amide bonds. The van der Waals surface area contributed by atoms with Crippen LogP contribution < -0.4 is 5.73 Å². The van der Waals surface area contributed by atoms with Gasteiger partial charge in [-0.3, -0.25) is 4.90 Å². The summed E-state index contributed by atoms with van der Waals surface area (Å²) in [6.07, 6.45) is -3.00. The first-order chi connectivity index (χ1) is 7.88. The lowest BCUT2D eigenvalue weighted by Crippen LogP contribution is -2.37. The van der Waals surface area contributed by atoms with Gasteiger partial charge in [0.25, 0.3) is 0 Å². The molecule has 1 aliphatic rings. The van der Waals surface area contributed by atoms with Crippen LogP contribution in [0.15, 0.2) is 5.16 Å². The fourth-order valence-corrected chi connectivity index (χ4v) is 2.20. The number of nitrogens with zero attached hydrogens (tertiary/aromatic N) is 2. The molecule has 1 saturated heterocycles. The average molecular weight is 253 g/mol. The minimum Gasteiger partial charge on any atom is -0.409 e. The largest absolute Gasteiger partial charge is 0.409 e. The Bertz CT molecular complexity index is 280. The molecule has 7 heteroatoms. The quantitative estimate of drug-likeness (QED) is 0.347. The minimum absolute atomic E-state index is 0.0146. The fourth-order valence-electron chi connectivity index (χ4n) is 2.20. The van der Waals surface area contributed by atoms with Gasteiger partial charge in [0.05, 0.1) is 5.92 Å². The van der Waals surface area contributed by atoms with Gasteiger partial charge in [0, 0.05) is 19.0 Å². The summed E-state index contributed by atoms with van der Waals surface area (Å²) >= 11 is 0. The summed E-state index contributed by atoms with van der Waals surface area (Å²) < 4.78 is 37.5. The Labute approximate surface area is 98.3 Å². The molecule has 1 fully saturated rings. The van der Waals surface area contributed by atoms with E-state index in [1.807, 2.05) is 6.92 Å². The van der Waals surface area contributed by atoms with Crippen LogP contribution in [0.4, 0.5) is 13.2 Å². The predicted octanol–water partition coefficient (Wildman–Crippen LogP) is 1.79. The van der Waals surface area contributed by atoms with Crippen LogP contribution in [-0.4, -0.2) is 41.3 Å². The molecule has 4 nitrogen and oxygen atoms in total. The maximum Gasteiger partial charge on any atom is 0.393 e. The van der Waals surface area contributed by atoms with Crippen molar-refractivity contribution in [3.63, 3.8) is 0 Å². The van der Waals surface area contributed by atoms with Crippen molar-refractivity contribution in [2.24, 2.45) is 16.8 Å². The molecule has 1 heterocycles. The molecule has 0 aromatic heterocycles. The maximum absolute atomic E-state index is 12.5. The first-order valence-electron chi connectivity index (χ1n) is 5.65. The van der Waals surface area contributed by atoms with Crippen molar-refractivity contribution in [1.29, 1.82) is 0 Å². The Hall–Kier alpha value is -0.980. The minimum atomic E-state index is -4.12. The van der Waals surface area contributed by atoms with Gasteiger partial charge in [0.15, 0.2) is 0 Å². The molecule has 3 N–H and O–H groups in total. The number of hydrogen-bond acceptors (Lipinski definition) is 3. The Morgan fingerprint density at radius 1 is 1.59 bits per heavy atom. The molecule has 1 rings (SSSR count). The molecule has 0 aliphatic carbocycles. The second kappa shape index (κ2) is 5.57. The van der Waals surface area contributed by atoms with Crippen molar-refractivity contribution < 1.29 is 18.4 Å². The van der Waals surface area contributed by atoms with E-state index in [0.717, 1.165) is 0 Å². The summed E-state index contributed by atoms with van der Waals surface area (Å²) in [5.41, 5.74) is 5.39. The lowest BCUT2D eigenvalue weighted by atomic mass is 10.1.